The highest BCUT2D eigenvalue weighted by Crippen LogP contribution is 2.32. The Morgan fingerprint density at radius 1 is 1.45 bits per heavy atom. The van der Waals surface area contributed by atoms with E-state index in [1.165, 1.54) is 11.0 Å². The molecule has 7 heteroatoms. The van der Waals surface area contributed by atoms with Gasteiger partial charge in [0.25, 0.3) is 5.91 Å². The number of hydrogen-bond donors (Lipinski definition) is 0. The Balaban J connectivity index is 2.26. The van der Waals surface area contributed by atoms with Gasteiger partial charge >= 0.3 is 6.18 Å². The van der Waals surface area contributed by atoms with Crippen LogP contribution in [0.4, 0.5) is 13.2 Å². The lowest BCUT2D eigenvalue weighted by molar-refractivity contribution is -0.137. The summed E-state index contributed by atoms with van der Waals surface area (Å²) in [7, 11) is 1.55. The lowest BCUT2D eigenvalue weighted by Gasteiger charge is -2.18. The van der Waals surface area contributed by atoms with Crippen LogP contribution in [0.25, 0.3) is 0 Å². The van der Waals surface area contributed by atoms with Crippen molar-refractivity contribution in [1.82, 2.24) is 4.90 Å². The number of carbonyl (C=O) groups excluding carboxylic acids is 1. The van der Waals surface area contributed by atoms with Crippen molar-refractivity contribution in [2.75, 3.05) is 20.2 Å². The molecule has 1 atom stereocenters. The van der Waals surface area contributed by atoms with Crippen LogP contribution in [0, 0.1) is 0 Å². The number of carbonyl (C=O) groups is 1. The van der Waals surface area contributed by atoms with E-state index in [1.54, 1.807) is 7.11 Å². The van der Waals surface area contributed by atoms with Crippen molar-refractivity contribution in [3.8, 4) is 0 Å². The summed E-state index contributed by atoms with van der Waals surface area (Å²) in [4.78, 5) is 13.8. The third kappa shape index (κ3) is 3.15. The van der Waals surface area contributed by atoms with Gasteiger partial charge in [-0.1, -0.05) is 0 Å². The monoisotopic (exact) mass is 351 g/mol. The van der Waals surface area contributed by atoms with Crippen molar-refractivity contribution in [1.29, 1.82) is 0 Å². The molecule has 20 heavy (non-hydrogen) atoms. The van der Waals surface area contributed by atoms with E-state index >= 15 is 0 Å². The van der Waals surface area contributed by atoms with Crippen LogP contribution in [-0.4, -0.2) is 37.1 Å². The average Bonchev–Trinajstić information content (AvgIpc) is 2.86. The molecule has 0 saturated carbocycles. The molecule has 1 aromatic rings. The van der Waals surface area contributed by atoms with E-state index in [2.05, 4.69) is 15.9 Å². The summed E-state index contributed by atoms with van der Waals surface area (Å²) in [6.45, 7) is 0.887. The molecule has 1 aliphatic rings. The Kier molecular flexibility index (Phi) is 4.39. The van der Waals surface area contributed by atoms with Gasteiger partial charge < -0.3 is 9.64 Å². The van der Waals surface area contributed by atoms with E-state index < -0.39 is 17.6 Å². The second-order valence-corrected chi connectivity index (χ2v) is 5.44. The van der Waals surface area contributed by atoms with Gasteiger partial charge in [0.2, 0.25) is 0 Å². The molecule has 1 heterocycles. The topological polar surface area (TPSA) is 29.5 Å². The minimum atomic E-state index is -4.46. The van der Waals surface area contributed by atoms with E-state index in [0.29, 0.717) is 24.0 Å². The number of nitrogens with zero attached hydrogens (tertiary/aromatic N) is 1. The van der Waals surface area contributed by atoms with Crippen molar-refractivity contribution in [2.45, 2.75) is 18.7 Å². The number of hydrogen-bond acceptors (Lipinski definition) is 2. The zero-order valence-electron chi connectivity index (χ0n) is 10.7. The molecule has 2 rings (SSSR count). The van der Waals surface area contributed by atoms with Gasteiger partial charge in [0.1, 0.15) is 0 Å². The molecule has 1 amide bonds. The first-order valence-electron chi connectivity index (χ1n) is 6.01. The first kappa shape index (κ1) is 15.3. The molecule has 0 aliphatic carbocycles. The van der Waals surface area contributed by atoms with Crippen LogP contribution < -0.4 is 0 Å². The van der Waals surface area contributed by atoms with Crippen LogP contribution in [0.3, 0.4) is 0 Å². The molecule has 1 aromatic carbocycles. The molecule has 1 unspecified atom stereocenters. The highest BCUT2D eigenvalue weighted by Gasteiger charge is 2.33. The second kappa shape index (κ2) is 5.73. The fourth-order valence-corrected chi connectivity index (χ4v) is 2.56. The molecule has 1 aliphatic heterocycles. The lowest BCUT2D eigenvalue weighted by atomic mass is 10.1. The van der Waals surface area contributed by atoms with E-state index in [1.807, 2.05) is 0 Å². The normalized spacial score (nSPS) is 19.4. The quantitative estimate of drug-likeness (QED) is 0.817. The van der Waals surface area contributed by atoms with Crippen LogP contribution in [0.15, 0.2) is 22.7 Å². The predicted molar refractivity (Wildman–Crippen MR) is 70.5 cm³/mol. The minimum Gasteiger partial charge on any atom is -0.380 e. The number of rotatable bonds is 2. The molecule has 3 nitrogen and oxygen atoms in total. The first-order chi connectivity index (χ1) is 9.32. The zero-order chi connectivity index (χ0) is 14.9. The van der Waals surface area contributed by atoms with Crippen LogP contribution in [0.2, 0.25) is 0 Å². The van der Waals surface area contributed by atoms with Gasteiger partial charge in [0.05, 0.1) is 17.2 Å². The lowest BCUT2D eigenvalue weighted by Crippen LogP contribution is -2.30. The van der Waals surface area contributed by atoms with Crippen molar-refractivity contribution in [2.24, 2.45) is 0 Å². The number of alkyl halides is 3. The van der Waals surface area contributed by atoms with Gasteiger partial charge in [0.15, 0.2) is 0 Å². The number of methoxy groups -OCH3 is 1. The van der Waals surface area contributed by atoms with Crippen molar-refractivity contribution >= 4 is 21.8 Å². The fourth-order valence-electron chi connectivity index (χ4n) is 2.14. The Morgan fingerprint density at radius 3 is 2.70 bits per heavy atom. The van der Waals surface area contributed by atoms with Gasteiger partial charge in [-0.3, -0.25) is 4.79 Å². The Hall–Kier alpha value is -1.08. The van der Waals surface area contributed by atoms with E-state index in [0.717, 1.165) is 12.1 Å². The standard InChI is InChI=1S/C13H13BrF3NO2/c1-20-9-4-5-18(7-9)12(19)10-6-8(13(15,16)17)2-3-11(10)14/h2-3,6,9H,4-5,7H2,1H3. The number of amides is 1. The largest absolute Gasteiger partial charge is 0.416 e. The molecule has 0 aromatic heterocycles. The SMILES string of the molecule is COC1CCN(C(=O)c2cc(C(F)(F)F)ccc2Br)C1. The molecular weight excluding hydrogens is 339 g/mol. The second-order valence-electron chi connectivity index (χ2n) is 4.59. The maximum Gasteiger partial charge on any atom is 0.416 e. The minimum absolute atomic E-state index is 0.0246. The predicted octanol–water partition coefficient (Wildman–Crippen LogP) is 3.33. The molecule has 0 N–H and O–H groups in total. The average molecular weight is 352 g/mol. The molecule has 1 saturated heterocycles. The van der Waals surface area contributed by atoms with Crippen LogP contribution >= 0.6 is 15.9 Å². The summed E-state index contributed by atoms with van der Waals surface area (Å²) in [5, 5.41) is 0. The molecule has 0 radical (unpaired) electrons. The molecular formula is C13H13BrF3NO2. The first-order valence-corrected chi connectivity index (χ1v) is 6.81. The molecule has 0 spiro atoms. The van der Waals surface area contributed by atoms with Gasteiger partial charge in [-0.15, -0.1) is 0 Å². The number of halogens is 4. The summed E-state index contributed by atoms with van der Waals surface area (Å²) in [5.74, 6) is -0.414. The fraction of sp³-hybridized carbons (Fsp3) is 0.462. The summed E-state index contributed by atoms with van der Waals surface area (Å²) in [5.41, 5.74) is -0.803. The summed E-state index contributed by atoms with van der Waals surface area (Å²) >= 11 is 3.13. The molecule has 0 bridgehead atoms. The Labute approximate surface area is 122 Å². The highest BCUT2D eigenvalue weighted by atomic mass is 79.9. The van der Waals surface area contributed by atoms with Gasteiger partial charge in [0, 0.05) is 24.7 Å². The Morgan fingerprint density at radius 2 is 2.15 bits per heavy atom. The van der Waals surface area contributed by atoms with Gasteiger partial charge in [-0.05, 0) is 40.5 Å². The number of ether oxygens (including phenoxy) is 1. The third-order valence-corrected chi connectivity index (χ3v) is 3.98. The maximum absolute atomic E-state index is 12.7. The van der Waals surface area contributed by atoms with Crippen molar-refractivity contribution < 1.29 is 22.7 Å². The summed E-state index contributed by atoms with van der Waals surface area (Å²) in [6, 6.07) is 3.08. The van der Waals surface area contributed by atoms with Gasteiger partial charge in [-0.2, -0.15) is 13.2 Å². The highest BCUT2D eigenvalue weighted by molar-refractivity contribution is 9.10. The summed E-state index contributed by atoms with van der Waals surface area (Å²) in [6.07, 6.45) is -3.82. The smallest absolute Gasteiger partial charge is 0.380 e. The van der Waals surface area contributed by atoms with E-state index in [-0.39, 0.29) is 11.7 Å². The summed E-state index contributed by atoms with van der Waals surface area (Å²) < 4.78 is 43.6. The van der Waals surface area contributed by atoms with Crippen LogP contribution in [0.1, 0.15) is 22.3 Å². The zero-order valence-corrected chi connectivity index (χ0v) is 12.3. The molecule has 110 valence electrons. The number of benzene rings is 1. The van der Waals surface area contributed by atoms with E-state index in [9.17, 15) is 18.0 Å². The van der Waals surface area contributed by atoms with Crippen LogP contribution in [-0.2, 0) is 10.9 Å². The van der Waals surface area contributed by atoms with Crippen molar-refractivity contribution in [3.05, 3.63) is 33.8 Å². The third-order valence-electron chi connectivity index (χ3n) is 3.29. The molecule has 1 fully saturated rings. The Bertz CT molecular complexity index is 519. The van der Waals surface area contributed by atoms with E-state index in [4.69, 9.17) is 4.74 Å². The van der Waals surface area contributed by atoms with Crippen LogP contribution in [0.5, 0.6) is 0 Å². The van der Waals surface area contributed by atoms with Crippen molar-refractivity contribution in [3.63, 3.8) is 0 Å². The number of likely N-dealkylation sites (tertiary alicyclic amines) is 1. The van der Waals surface area contributed by atoms with Gasteiger partial charge in [-0.25, -0.2) is 0 Å². The maximum atomic E-state index is 12.7.